The standard InChI is InChI=1S/C3H5BCl4O/c5-1-3(2-6)9-4(7)8/h3H,1-2H2. The Bertz CT molecular complexity index is 66.8. The summed E-state index contributed by atoms with van der Waals surface area (Å²) in [4.78, 5) is 0. The molecule has 0 aliphatic heterocycles. The number of hydrogen-bond acceptors (Lipinski definition) is 1. The molecule has 0 bridgehead atoms. The maximum absolute atomic E-state index is 5.39. The lowest BCUT2D eigenvalue weighted by molar-refractivity contribution is 0.266. The average molecular weight is 210 g/mol. The second-order valence-electron chi connectivity index (χ2n) is 1.33. The topological polar surface area (TPSA) is 9.23 Å². The van der Waals surface area contributed by atoms with Crippen LogP contribution >= 0.6 is 46.1 Å². The third-order valence-electron chi connectivity index (χ3n) is 0.640. The molecule has 0 atom stereocenters. The number of halogens is 4. The SMILES string of the molecule is ClCC(CCl)OB(Cl)Cl. The van der Waals surface area contributed by atoms with Gasteiger partial charge in [0.15, 0.2) is 0 Å². The molecule has 0 unspecified atom stereocenters. The molecule has 9 heavy (non-hydrogen) atoms. The van der Waals surface area contributed by atoms with E-state index in [0.717, 1.165) is 0 Å². The van der Waals surface area contributed by atoms with Gasteiger partial charge in [0, 0.05) is 11.8 Å². The largest absolute Gasteiger partial charge is 0.508 e. The summed E-state index contributed by atoms with van der Waals surface area (Å²) in [6, 6.07) is 0. The van der Waals surface area contributed by atoms with E-state index in [9.17, 15) is 0 Å². The predicted octanol–water partition coefficient (Wildman–Crippen LogP) is 2.31. The Hall–Kier alpha value is 1.18. The van der Waals surface area contributed by atoms with E-state index in [1.165, 1.54) is 0 Å². The van der Waals surface area contributed by atoms with Gasteiger partial charge in [-0.15, -0.1) is 46.1 Å². The highest BCUT2D eigenvalue weighted by Crippen LogP contribution is 2.05. The van der Waals surface area contributed by atoms with Crippen molar-refractivity contribution in [3.05, 3.63) is 0 Å². The number of rotatable bonds is 4. The van der Waals surface area contributed by atoms with Gasteiger partial charge in [-0.1, -0.05) is 0 Å². The Morgan fingerprint density at radius 2 is 1.67 bits per heavy atom. The predicted molar refractivity (Wildman–Crippen MR) is 43.8 cm³/mol. The first kappa shape index (κ1) is 10.2. The third kappa shape index (κ3) is 5.62. The van der Waals surface area contributed by atoms with Crippen LogP contribution in [0.1, 0.15) is 0 Å². The molecular formula is C3H5BCl4O. The van der Waals surface area contributed by atoms with E-state index in [0.29, 0.717) is 11.8 Å². The summed E-state index contributed by atoms with van der Waals surface area (Å²) in [6.45, 7) is 0. The molecule has 0 heterocycles. The highest BCUT2D eigenvalue weighted by atomic mass is 35.5. The molecule has 0 rings (SSSR count). The summed E-state index contributed by atoms with van der Waals surface area (Å²) in [5.41, 5.74) is 0. The van der Waals surface area contributed by atoms with Crippen molar-refractivity contribution in [1.82, 2.24) is 0 Å². The van der Waals surface area contributed by atoms with E-state index in [-0.39, 0.29) is 6.10 Å². The monoisotopic (exact) mass is 208 g/mol. The third-order valence-corrected chi connectivity index (χ3v) is 1.53. The molecule has 1 nitrogen and oxygen atoms in total. The molecule has 0 aliphatic carbocycles. The Labute approximate surface area is 74.5 Å². The van der Waals surface area contributed by atoms with Gasteiger partial charge >= 0.3 is 5.75 Å². The first-order chi connectivity index (χ1) is 4.20. The van der Waals surface area contributed by atoms with Crippen LogP contribution in [0.3, 0.4) is 0 Å². The minimum atomic E-state index is -0.840. The molecule has 0 radical (unpaired) electrons. The second kappa shape index (κ2) is 5.93. The van der Waals surface area contributed by atoms with Gasteiger partial charge in [0.1, 0.15) is 0 Å². The van der Waals surface area contributed by atoms with Gasteiger partial charge in [-0.3, -0.25) is 0 Å². The summed E-state index contributed by atoms with van der Waals surface area (Å²) in [6.07, 6.45) is -0.256. The van der Waals surface area contributed by atoms with Crippen molar-refractivity contribution in [2.75, 3.05) is 11.8 Å². The fourth-order valence-corrected chi connectivity index (χ4v) is 1.03. The van der Waals surface area contributed by atoms with E-state index in [1.54, 1.807) is 0 Å². The van der Waals surface area contributed by atoms with Crippen molar-refractivity contribution in [3.8, 4) is 0 Å². The molecule has 0 aliphatic rings. The van der Waals surface area contributed by atoms with E-state index in [1.807, 2.05) is 0 Å². The van der Waals surface area contributed by atoms with E-state index >= 15 is 0 Å². The summed E-state index contributed by atoms with van der Waals surface area (Å²) in [7, 11) is 0. The Balaban J connectivity index is 3.31. The molecule has 0 aromatic carbocycles. The van der Waals surface area contributed by atoms with Gasteiger partial charge < -0.3 is 4.65 Å². The minimum Gasteiger partial charge on any atom is -0.404 e. The molecule has 0 fully saturated rings. The maximum atomic E-state index is 5.39. The Kier molecular flexibility index (Phi) is 6.71. The maximum Gasteiger partial charge on any atom is 0.508 e. The molecule has 0 amide bonds. The van der Waals surface area contributed by atoms with E-state index < -0.39 is 5.75 Å². The molecule has 0 saturated carbocycles. The average Bonchev–Trinajstić information content (AvgIpc) is 1.82. The quantitative estimate of drug-likeness (QED) is 0.510. The van der Waals surface area contributed by atoms with Crippen LogP contribution in [0.5, 0.6) is 0 Å². The molecule has 0 saturated heterocycles. The van der Waals surface area contributed by atoms with E-state index in [2.05, 4.69) is 0 Å². The molecule has 6 heteroatoms. The van der Waals surface area contributed by atoms with Crippen LogP contribution in [-0.4, -0.2) is 23.6 Å². The van der Waals surface area contributed by atoms with Gasteiger partial charge in [0.2, 0.25) is 0 Å². The highest BCUT2D eigenvalue weighted by molar-refractivity contribution is 7.30. The second-order valence-corrected chi connectivity index (χ2v) is 2.96. The van der Waals surface area contributed by atoms with Crippen molar-refractivity contribution >= 4 is 51.9 Å². The first-order valence-electron chi connectivity index (χ1n) is 2.26. The van der Waals surface area contributed by atoms with Gasteiger partial charge in [-0.05, 0) is 0 Å². The van der Waals surface area contributed by atoms with Crippen molar-refractivity contribution in [3.63, 3.8) is 0 Å². The molecule has 0 aromatic heterocycles. The normalized spacial score (nSPS) is 10.3. The summed E-state index contributed by atoms with van der Waals surface area (Å²) < 4.78 is 4.82. The Morgan fingerprint density at radius 1 is 1.22 bits per heavy atom. The lowest BCUT2D eigenvalue weighted by Crippen LogP contribution is -2.21. The summed E-state index contributed by atoms with van der Waals surface area (Å²) in [5.74, 6) is -0.230. The smallest absolute Gasteiger partial charge is 0.404 e. The van der Waals surface area contributed by atoms with Crippen LogP contribution in [0, 0.1) is 0 Å². The summed E-state index contributed by atoms with van der Waals surface area (Å²) >= 11 is 21.3. The fourth-order valence-electron chi connectivity index (χ4n) is 0.259. The molecule has 0 spiro atoms. The molecule has 0 aromatic rings. The van der Waals surface area contributed by atoms with Crippen LogP contribution in [0.15, 0.2) is 0 Å². The Morgan fingerprint density at radius 3 is 1.78 bits per heavy atom. The first-order valence-corrected chi connectivity index (χ1v) is 4.20. The van der Waals surface area contributed by atoms with Gasteiger partial charge in [-0.25, -0.2) is 0 Å². The molecule has 0 N–H and O–H groups in total. The zero-order valence-corrected chi connectivity index (χ0v) is 7.51. The highest BCUT2D eigenvalue weighted by Gasteiger charge is 2.14. The van der Waals surface area contributed by atoms with Crippen LogP contribution in [0.2, 0.25) is 0 Å². The number of alkyl halides is 2. The molecular weight excluding hydrogens is 205 g/mol. The van der Waals surface area contributed by atoms with Crippen molar-refractivity contribution in [2.24, 2.45) is 0 Å². The van der Waals surface area contributed by atoms with E-state index in [4.69, 9.17) is 50.8 Å². The molecule has 54 valence electrons. The zero-order chi connectivity index (χ0) is 7.28. The van der Waals surface area contributed by atoms with Crippen molar-refractivity contribution < 1.29 is 4.65 Å². The lowest BCUT2D eigenvalue weighted by Gasteiger charge is -2.09. The van der Waals surface area contributed by atoms with Gasteiger partial charge in [-0.2, -0.15) is 0 Å². The fraction of sp³-hybridized carbons (Fsp3) is 1.00. The summed E-state index contributed by atoms with van der Waals surface area (Å²) in [5, 5.41) is 0. The van der Waals surface area contributed by atoms with Crippen LogP contribution in [0.25, 0.3) is 0 Å². The van der Waals surface area contributed by atoms with Gasteiger partial charge in [0.25, 0.3) is 0 Å². The minimum absolute atomic E-state index is 0.256. The lowest BCUT2D eigenvalue weighted by atomic mass is 10.4. The van der Waals surface area contributed by atoms with Crippen molar-refractivity contribution in [2.45, 2.75) is 6.10 Å². The van der Waals surface area contributed by atoms with Crippen LogP contribution in [-0.2, 0) is 4.65 Å². The van der Waals surface area contributed by atoms with Gasteiger partial charge in [0.05, 0.1) is 6.10 Å². The van der Waals surface area contributed by atoms with Crippen LogP contribution < -0.4 is 0 Å². The zero-order valence-electron chi connectivity index (χ0n) is 4.49. The number of hydrogen-bond donors (Lipinski definition) is 0. The van der Waals surface area contributed by atoms with Crippen LogP contribution in [0.4, 0.5) is 0 Å². The van der Waals surface area contributed by atoms with Crippen molar-refractivity contribution in [1.29, 1.82) is 0 Å².